The number of carbonyl (C=O) groups is 1. The first kappa shape index (κ1) is 14.6. The normalized spacial score (nSPS) is 17.2. The quantitative estimate of drug-likeness (QED) is 0.878. The Labute approximate surface area is 117 Å². The predicted molar refractivity (Wildman–Crippen MR) is 75.9 cm³/mol. The van der Waals surface area contributed by atoms with Crippen LogP contribution < -0.4 is 10.9 Å². The van der Waals surface area contributed by atoms with Crippen LogP contribution in [0.25, 0.3) is 0 Å². The largest absolute Gasteiger partial charge is 0.480 e. The van der Waals surface area contributed by atoms with Gasteiger partial charge in [0.25, 0.3) is 5.56 Å². The SMILES string of the molecule is O=C(O)Cn1ccnc(NC2CCCCCCC2)c1=O. The lowest BCUT2D eigenvalue weighted by Crippen LogP contribution is -2.31. The molecule has 1 aromatic heterocycles. The molecule has 2 rings (SSSR count). The van der Waals surface area contributed by atoms with E-state index in [9.17, 15) is 9.59 Å². The number of anilines is 1. The number of hydrogen-bond donors (Lipinski definition) is 2. The number of carboxylic acid groups (broad SMARTS) is 1. The third-order valence-electron chi connectivity index (χ3n) is 3.67. The molecule has 0 radical (unpaired) electrons. The summed E-state index contributed by atoms with van der Waals surface area (Å²) in [7, 11) is 0. The average Bonchev–Trinajstić information content (AvgIpc) is 2.36. The van der Waals surface area contributed by atoms with Crippen LogP contribution in [0.4, 0.5) is 5.82 Å². The molecule has 0 atom stereocenters. The lowest BCUT2D eigenvalue weighted by Gasteiger charge is -2.21. The van der Waals surface area contributed by atoms with Crippen molar-refractivity contribution < 1.29 is 9.90 Å². The summed E-state index contributed by atoms with van der Waals surface area (Å²) in [6.07, 6.45) is 11.0. The van der Waals surface area contributed by atoms with Crippen LogP contribution in [0.1, 0.15) is 44.9 Å². The molecule has 0 unspecified atom stereocenters. The number of carboxylic acids is 1. The molecule has 6 heteroatoms. The molecule has 110 valence electrons. The molecule has 2 N–H and O–H groups in total. The van der Waals surface area contributed by atoms with Crippen molar-refractivity contribution in [2.24, 2.45) is 0 Å². The third kappa shape index (κ3) is 4.08. The second-order valence-electron chi connectivity index (χ2n) is 5.29. The molecule has 6 nitrogen and oxygen atoms in total. The van der Waals surface area contributed by atoms with E-state index in [1.807, 2.05) is 0 Å². The molecule has 1 heterocycles. The molecule has 0 aromatic carbocycles. The summed E-state index contributed by atoms with van der Waals surface area (Å²) in [6, 6.07) is 0.260. The Balaban J connectivity index is 2.08. The molecule has 0 aliphatic heterocycles. The Bertz CT molecular complexity index is 505. The van der Waals surface area contributed by atoms with Gasteiger partial charge in [-0.05, 0) is 12.8 Å². The fourth-order valence-corrected chi connectivity index (χ4v) is 2.61. The number of rotatable bonds is 4. The summed E-state index contributed by atoms with van der Waals surface area (Å²) in [4.78, 5) is 26.9. The van der Waals surface area contributed by atoms with Crippen molar-refractivity contribution in [2.45, 2.75) is 57.5 Å². The van der Waals surface area contributed by atoms with Gasteiger partial charge in [-0.25, -0.2) is 4.98 Å². The zero-order valence-corrected chi connectivity index (χ0v) is 11.5. The Morgan fingerprint density at radius 1 is 1.30 bits per heavy atom. The highest BCUT2D eigenvalue weighted by molar-refractivity contribution is 5.66. The highest BCUT2D eigenvalue weighted by atomic mass is 16.4. The van der Waals surface area contributed by atoms with E-state index >= 15 is 0 Å². The van der Waals surface area contributed by atoms with Crippen molar-refractivity contribution in [1.82, 2.24) is 9.55 Å². The Morgan fingerprint density at radius 3 is 2.60 bits per heavy atom. The molecule has 1 fully saturated rings. The van der Waals surface area contributed by atoms with Crippen LogP contribution in [-0.2, 0) is 11.3 Å². The fraction of sp³-hybridized carbons (Fsp3) is 0.643. The van der Waals surface area contributed by atoms with E-state index in [1.54, 1.807) is 0 Å². The average molecular weight is 279 g/mol. The molecule has 0 bridgehead atoms. The van der Waals surface area contributed by atoms with Crippen LogP contribution in [0.2, 0.25) is 0 Å². The number of nitrogens with zero attached hydrogens (tertiary/aromatic N) is 2. The summed E-state index contributed by atoms with van der Waals surface area (Å²) >= 11 is 0. The summed E-state index contributed by atoms with van der Waals surface area (Å²) in [5.74, 6) is -0.769. The lowest BCUT2D eigenvalue weighted by atomic mass is 9.97. The van der Waals surface area contributed by atoms with Gasteiger partial charge in [0.2, 0.25) is 0 Å². The molecular formula is C14H21N3O3. The Morgan fingerprint density at radius 2 is 1.95 bits per heavy atom. The van der Waals surface area contributed by atoms with Crippen molar-refractivity contribution in [2.75, 3.05) is 5.32 Å². The number of aromatic nitrogens is 2. The maximum Gasteiger partial charge on any atom is 0.323 e. The molecular weight excluding hydrogens is 258 g/mol. The summed E-state index contributed by atoms with van der Waals surface area (Å²) < 4.78 is 1.17. The molecule has 0 saturated heterocycles. The molecule has 1 aromatic rings. The molecule has 1 aliphatic rings. The third-order valence-corrected chi connectivity index (χ3v) is 3.67. The second-order valence-corrected chi connectivity index (χ2v) is 5.29. The van der Waals surface area contributed by atoms with Crippen molar-refractivity contribution in [3.63, 3.8) is 0 Å². The zero-order chi connectivity index (χ0) is 14.4. The van der Waals surface area contributed by atoms with Crippen LogP contribution in [0.5, 0.6) is 0 Å². The molecule has 1 aliphatic carbocycles. The van der Waals surface area contributed by atoms with Crippen molar-refractivity contribution in [3.8, 4) is 0 Å². The number of nitrogens with one attached hydrogen (secondary N) is 1. The minimum atomic E-state index is -1.03. The van der Waals surface area contributed by atoms with E-state index in [0.717, 1.165) is 25.7 Å². The second kappa shape index (κ2) is 7.07. The van der Waals surface area contributed by atoms with Gasteiger partial charge in [0.15, 0.2) is 5.82 Å². The van der Waals surface area contributed by atoms with Crippen LogP contribution in [-0.4, -0.2) is 26.7 Å². The van der Waals surface area contributed by atoms with E-state index in [1.165, 1.54) is 36.2 Å². The molecule has 0 spiro atoms. The summed E-state index contributed by atoms with van der Waals surface area (Å²) in [5.41, 5.74) is -0.364. The Kier molecular flexibility index (Phi) is 5.15. The van der Waals surface area contributed by atoms with E-state index in [0.29, 0.717) is 0 Å². The van der Waals surface area contributed by atoms with Gasteiger partial charge in [0.05, 0.1) is 0 Å². The summed E-state index contributed by atoms with van der Waals surface area (Å²) in [5, 5.41) is 12.0. The van der Waals surface area contributed by atoms with E-state index < -0.39 is 5.97 Å². The zero-order valence-electron chi connectivity index (χ0n) is 11.5. The monoisotopic (exact) mass is 279 g/mol. The van der Waals surface area contributed by atoms with Gasteiger partial charge in [0, 0.05) is 18.4 Å². The highest BCUT2D eigenvalue weighted by Crippen LogP contribution is 2.18. The number of aliphatic carboxylic acids is 1. The molecule has 1 saturated carbocycles. The maximum atomic E-state index is 12.1. The van der Waals surface area contributed by atoms with Crippen LogP contribution in [0.15, 0.2) is 17.2 Å². The van der Waals surface area contributed by atoms with Crippen molar-refractivity contribution in [3.05, 3.63) is 22.7 Å². The van der Waals surface area contributed by atoms with Gasteiger partial charge in [-0.3, -0.25) is 14.2 Å². The highest BCUT2D eigenvalue weighted by Gasteiger charge is 2.14. The maximum absolute atomic E-state index is 12.1. The minimum absolute atomic E-state index is 0.260. The van der Waals surface area contributed by atoms with Crippen LogP contribution >= 0.6 is 0 Å². The van der Waals surface area contributed by atoms with Crippen LogP contribution in [0, 0.1) is 0 Å². The van der Waals surface area contributed by atoms with Crippen LogP contribution in [0.3, 0.4) is 0 Å². The van der Waals surface area contributed by atoms with E-state index in [4.69, 9.17) is 5.11 Å². The number of hydrogen-bond acceptors (Lipinski definition) is 4. The predicted octanol–water partition coefficient (Wildman–Crippen LogP) is 1.85. The molecule has 0 amide bonds. The van der Waals surface area contributed by atoms with Crippen molar-refractivity contribution >= 4 is 11.8 Å². The first-order valence-corrected chi connectivity index (χ1v) is 7.20. The fourth-order valence-electron chi connectivity index (χ4n) is 2.61. The Hall–Kier alpha value is -1.85. The van der Waals surface area contributed by atoms with Gasteiger partial charge in [-0.2, -0.15) is 0 Å². The van der Waals surface area contributed by atoms with Gasteiger partial charge in [-0.15, -0.1) is 0 Å². The minimum Gasteiger partial charge on any atom is -0.480 e. The standard InChI is InChI=1S/C14H21N3O3/c18-12(19)10-17-9-8-15-13(14(17)20)16-11-6-4-2-1-3-5-7-11/h8-9,11H,1-7,10H2,(H,15,16)(H,18,19). The molecule has 20 heavy (non-hydrogen) atoms. The van der Waals surface area contributed by atoms with Gasteiger partial charge in [-0.1, -0.05) is 32.1 Å². The summed E-state index contributed by atoms with van der Waals surface area (Å²) in [6.45, 7) is -0.333. The van der Waals surface area contributed by atoms with E-state index in [-0.39, 0.29) is 24.0 Å². The smallest absolute Gasteiger partial charge is 0.323 e. The lowest BCUT2D eigenvalue weighted by molar-refractivity contribution is -0.137. The topological polar surface area (TPSA) is 84.2 Å². The first-order chi connectivity index (χ1) is 9.66. The van der Waals surface area contributed by atoms with Gasteiger partial charge < -0.3 is 10.4 Å². The van der Waals surface area contributed by atoms with Crippen molar-refractivity contribution in [1.29, 1.82) is 0 Å². The first-order valence-electron chi connectivity index (χ1n) is 7.20. The van der Waals surface area contributed by atoms with E-state index in [2.05, 4.69) is 10.3 Å². The van der Waals surface area contributed by atoms with Gasteiger partial charge >= 0.3 is 5.97 Å². The van der Waals surface area contributed by atoms with Gasteiger partial charge in [0.1, 0.15) is 6.54 Å².